The second-order valence-corrected chi connectivity index (χ2v) is 8.72. The van der Waals surface area contributed by atoms with Crippen LogP contribution in [0.25, 0.3) is 0 Å². The van der Waals surface area contributed by atoms with Gasteiger partial charge in [0.05, 0.1) is 10.0 Å². The lowest BCUT2D eigenvalue weighted by Gasteiger charge is -2.35. The lowest BCUT2D eigenvalue weighted by molar-refractivity contribution is 0.102. The maximum atomic E-state index is 13.1. The molecule has 1 N–H and O–H groups in total. The lowest BCUT2D eigenvalue weighted by Crippen LogP contribution is -2.49. The number of benzene rings is 3. The number of amides is 3. The summed E-state index contributed by atoms with van der Waals surface area (Å²) in [6, 6.07) is 19.2. The molecule has 0 aliphatic carbocycles. The predicted octanol–water partition coefficient (Wildman–Crippen LogP) is 6.73. The molecule has 5 nitrogen and oxygen atoms in total. The highest BCUT2D eigenvalue weighted by Crippen LogP contribution is 2.26. The van der Waals surface area contributed by atoms with E-state index in [1.165, 1.54) is 0 Å². The summed E-state index contributed by atoms with van der Waals surface area (Å²) in [5, 5.41) is 4.39. The minimum absolute atomic E-state index is 0.0692. The number of anilines is 2. The topological polar surface area (TPSA) is 52.7 Å². The van der Waals surface area contributed by atoms with Crippen LogP contribution >= 0.6 is 34.8 Å². The molecule has 0 bridgehead atoms. The third-order valence-corrected chi connectivity index (χ3v) is 6.20. The molecule has 164 valence electrons. The Bertz CT molecular complexity index is 1130. The van der Waals surface area contributed by atoms with Crippen LogP contribution < -0.4 is 10.2 Å². The molecule has 4 rings (SSSR count). The second-order valence-electron chi connectivity index (χ2n) is 7.47. The average molecular weight is 489 g/mol. The summed E-state index contributed by atoms with van der Waals surface area (Å²) in [5.74, 6) is -0.226. The van der Waals surface area contributed by atoms with E-state index in [9.17, 15) is 9.59 Å². The molecule has 8 heteroatoms. The van der Waals surface area contributed by atoms with Crippen LogP contribution in [0, 0.1) is 0 Å². The molecule has 0 unspecified atom stereocenters. The number of hydrogen-bond donors (Lipinski definition) is 1. The first-order valence-corrected chi connectivity index (χ1v) is 11.2. The Labute approximate surface area is 201 Å². The molecule has 0 aromatic heterocycles. The number of carbonyl (C=O) groups is 2. The van der Waals surface area contributed by atoms with Gasteiger partial charge in [-0.1, -0.05) is 40.9 Å². The largest absolute Gasteiger partial charge is 0.324 e. The standard InChI is InChI=1S/C24H20Cl3N3O2/c25-18-5-3-17(4-6-18)23(31)28-19-7-9-20(10-8-19)30-13-1-12-29(24(30)32)15-16-2-11-21(26)22(27)14-16/h2-11,14H,1,12-13,15H2,(H,28,31). The smallest absolute Gasteiger partial charge is 0.322 e. The Morgan fingerprint density at radius 2 is 1.59 bits per heavy atom. The Morgan fingerprint density at radius 1 is 0.875 bits per heavy atom. The van der Waals surface area contributed by atoms with Crippen LogP contribution in [-0.4, -0.2) is 29.9 Å². The van der Waals surface area contributed by atoms with Crippen molar-refractivity contribution in [1.82, 2.24) is 4.90 Å². The van der Waals surface area contributed by atoms with Gasteiger partial charge in [-0.25, -0.2) is 4.79 Å². The molecule has 0 spiro atoms. The molecule has 1 aliphatic heterocycles. The van der Waals surface area contributed by atoms with Crippen molar-refractivity contribution >= 4 is 58.1 Å². The summed E-state index contributed by atoms with van der Waals surface area (Å²) in [6.07, 6.45) is 0.849. The van der Waals surface area contributed by atoms with Crippen molar-refractivity contribution in [3.05, 3.63) is 92.9 Å². The molecule has 0 radical (unpaired) electrons. The predicted molar refractivity (Wildman–Crippen MR) is 130 cm³/mol. The van der Waals surface area contributed by atoms with Gasteiger partial charge in [-0.15, -0.1) is 0 Å². The maximum Gasteiger partial charge on any atom is 0.324 e. The monoisotopic (exact) mass is 487 g/mol. The van der Waals surface area contributed by atoms with Crippen LogP contribution in [0.15, 0.2) is 66.7 Å². The van der Waals surface area contributed by atoms with Gasteiger partial charge in [0.25, 0.3) is 5.91 Å². The first kappa shape index (κ1) is 22.5. The molecular formula is C24H20Cl3N3O2. The highest BCUT2D eigenvalue weighted by Gasteiger charge is 2.27. The molecule has 0 saturated carbocycles. The van der Waals surface area contributed by atoms with Crippen LogP contribution in [-0.2, 0) is 6.54 Å². The van der Waals surface area contributed by atoms with E-state index in [0.29, 0.717) is 46.0 Å². The average Bonchev–Trinajstić information content (AvgIpc) is 2.79. The number of carbonyl (C=O) groups excluding carboxylic acids is 2. The van der Waals surface area contributed by atoms with Crippen molar-refractivity contribution in [2.24, 2.45) is 0 Å². The number of nitrogens with one attached hydrogen (secondary N) is 1. The number of halogens is 3. The van der Waals surface area contributed by atoms with E-state index in [4.69, 9.17) is 34.8 Å². The number of urea groups is 1. The van der Waals surface area contributed by atoms with Gasteiger partial charge in [-0.3, -0.25) is 9.69 Å². The summed E-state index contributed by atoms with van der Waals surface area (Å²) >= 11 is 18.0. The summed E-state index contributed by atoms with van der Waals surface area (Å²) in [7, 11) is 0. The number of hydrogen-bond acceptors (Lipinski definition) is 2. The van der Waals surface area contributed by atoms with Crippen molar-refractivity contribution in [3.63, 3.8) is 0 Å². The van der Waals surface area contributed by atoms with Crippen LogP contribution in [0.2, 0.25) is 15.1 Å². The van der Waals surface area contributed by atoms with E-state index in [0.717, 1.165) is 17.7 Å². The zero-order valence-corrected chi connectivity index (χ0v) is 19.3. The first-order valence-electron chi connectivity index (χ1n) is 10.1. The lowest BCUT2D eigenvalue weighted by atomic mass is 10.1. The fourth-order valence-electron chi connectivity index (χ4n) is 3.56. The van der Waals surface area contributed by atoms with E-state index in [-0.39, 0.29) is 11.9 Å². The SMILES string of the molecule is O=C(Nc1ccc(N2CCCN(Cc3ccc(Cl)c(Cl)c3)C2=O)cc1)c1ccc(Cl)cc1. The van der Waals surface area contributed by atoms with Crippen molar-refractivity contribution < 1.29 is 9.59 Å². The molecule has 0 atom stereocenters. The van der Waals surface area contributed by atoms with Gasteiger partial charge >= 0.3 is 6.03 Å². The highest BCUT2D eigenvalue weighted by molar-refractivity contribution is 6.42. The normalized spacial score (nSPS) is 13.9. The molecule has 1 heterocycles. The van der Waals surface area contributed by atoms with Gasteiger partial charge in [0.15, 0.2) is 0 Å². The van der Waals surface area contributed by atoms with Crippen molar-refractivity contribution in [2.75, 3.05) is 23.3 Å². The van der Waals surface area contributed by atoms with Crippen molar-refractivity contribution in [1.29, 1.82) is 0 Å². The number of nitrogens with zero attached hydrogens (tertiary/aromatic N) is 2. The minimum Gasteiger partial charge on any atom is -0.322 e. The van der Waals surface area contributed by atoms with E-state index in [1.807, 2.05) is 18.2 Å². The van der Waals surface area contributed by atoms with Gasteiger partial charge in [0.2, 0.25) is 0 Å². The molecule has 3 amide bonds. The Balaban J connectivity index is 1.42. The van der Waals surface area contributed by atoms with Crippen LogP contribution in [0.1, 0.15) is 22.3 Å². The van der Waals surface area contributed by atoms with Gasteiger partial charge < -0.3 is 10.2 Å². The minimum atomic E-state index is -0.226. The molecular weight excluding hydrogens is 469 g/mol. The molecule has 3 aromatic carbocycles. The summed E-state index contributed by atoms with van der Waals surface area (Å²) < 4.78 is 0. The van der Waals surface area contributed by atoms with Crippen molar-refractivity contribution in [3.8, 4) is 0 Å². The van der Waals surface area contributed by atoms with Crippen molar-refractivity contribution in [2.45, 2.75) is 13.0 Å². The molecule has 32 heavy (non-hydrogen) atoms. The van der Waals surface area contributed by atoms with Gasteiger partial charge in [-0.05, 0) is 72.6 Å². The second kappa shape index (κ2) is 9.82. The molecule has 1 fully saturated rings. The van der Waals surface area contributed by atoms with E-state index in [2.05, 4.69) is 5.32 Å². The van der Waals surface area contributed by atoms with Crippen LogP contribution in [0.3, 0.4) is 0 Å². The molecule has 1 saturated heterocycles. The zero-order chi connectivity index (χ0) is 22.7. The molecule has 1 aliphatic rings. The highest BCUT2D eigenvalue weighted by atomic mass is 35.5. The fourth-order valence-corrected chi connectivity index (χ4v) is 4.00. The number of rotatable bonds is 5. The van der Waals surface area contributed by atoms with Crippen LogP contribution in [0.4, 0.5) is 16.2 Å². The quantitative estimate of drug-likeness (QED) is 0.433. The van der Waals surface area contributed by atoms with E-state index in [1.54, 1.807) is 58.3 Å². The van der Waals surface area contributed by atoms with Gasteiger partial charge in [-0.2, -0.15) is 0 Å². The van der Waals surface area contributed by atoms with Gasteiger partial charge in [0, 0.05) is 41.6 Å². The first-order chi connectivity index (χ1) is 15.4. The maximum absolute atomic E-state index is 13.1. The third-order valence-electron chi connectivity index (χ3n) is 5.21. The summed E-state index contributed by atoms with van der Waals surface area (Å²) in [4.78, 5) is 29.0. The Hall–Kier alpha value is -2.73. The van der Waals surface area contributed by atoms with Gasteiger partial charge in [0.1, 0.15) is 0 Å². The summed E-state index contributed by atoms with van der Waals surface area (Å²) in [6.45, 7) is 1.76. The summed E-state index contributed by atoms with van der Waals surface area (Å²) in [5.41, 5.74) is 2.86. The fraction of sp³-hybridized carbons (Fsp3) is 0.167. The zero-order valence-electron chi connectivity index (χ0n) is 17.0. The Morgan fingerprint density at radius 3 is 2.28 bits per heavy atom. The van der Waals surface area contributed by atoms with E-state index < -0.39 is 0 Å². The molecule has 3 aromatic rings. The Kier molecular flexibility index (Phi) is 6.89. The van der Waals surface area contributed by atoms with E-state index >= 15 is 0 Å². The van der Waals surface area contributed by atoms with Crippen LogP contribution in [0.5, 0.6) is 0 Å². The third kappa shape index (κ3) is 5.18.